The van der Waals surface area contributed by atoms with Crippen LogP contribution in [0.4, 0.5) is 0 Å². The average molecular weight is 203 g/mol. The molecule has 1 N–H and O–H groups in total. The number of nitrogens with zero attached hydrogens (tertiary/aromatic N) is 3. The lowest BCUT2D eigenvalue weighted by Gasteiger charge is -2.08. The number of aromatic nitrogens is 2. The normalized spacial score (nSPS) is 11.1. The number of phenols is 1. The van der Waals surface area contributed by atoms with Crippen molar-refractivity contribution in [2.45, 2.75) is 6.54 Å². The molecule has 0 unspecified atom stereocenters. The third-order valence-electron chi connectivity index (χ3n) is 2.05. The first-order valence-corrected chi connectivity index (χ1v) is 4.74. The highest BCUT2D eigenvalue weighted by atomic mass is 16.3. The minimum absolute atomic E-state index is 0.221. The van der Waals surface area contributed by atoms with Gasteiger partial charge in [0.15, 0.2) is 0 Å². The Balaban J connectivity index is 2.45. The summed E-state index contributed by atoms with van der Waals surface area (Å²) in [5, 5.41) is 9.32. The molecule has 0 radical (unpaired) electrons. The molecule has 0 atom stereocenters. The Labute approximate surface area is 88.2 Å². The Hall–Kier alpha value is -1.68. The molecule has 1 aromatic heterocycles. The maximum atomic E-state index is 9.32. The zero-order valence-electron chi connectivity index (χ0n) is 8.81. The van der Waals surface area contributed by atoms with Crippen molar-refractivity contribution in [3.8, 4) is 5.75 Å². The largest absolute Gasteiger partial charge is 0.508 e. The van der Waals surface area contributed by atoms with Gasteiger partial charge in [-0.15, -0.1) is 0 Å². The molecule has 2 rings (SSSR count). The molecule has 4 heteroatoms. The smallest absolute Gasteiger partial charge is 0.117 e. The maximum Gasteiger partial charge on any atom is 0.117 e. The molecule has 4 nitrogen and oxygen atoms in total. The molecule has 78 valence electrons. The van der Waals surface area contributed by atoms with Crippen molar-refractivity contribution in [3.63, 3.8) is 0 Å². The lowest BCUT2D eigenvalue weighted by Crippen LogP contribution is -2.12. The summed E-state index contributed by atoms with van der Waals surface area (Å²) in [6.45, 7) is 0.749. The van der Waals surface area contributed by atoms with Crippen molar-refractivity contribution in [2.24, 2.45) is 0 Å². The summed E-state index contributed by atoms with van der Waals surface area (Å²) in [6.07, 6.45) is 1.76. The number of fused-ring (bicyclic) bond motifs is 1. The van der Waals surface area contributed by atoms with Crippen molar-refractivity contribution < 1.29 is 5.11 Å². The molecule has 0 saturated heterocycles. The van der Waals surface area contributed by atoms with E-state index in [1.807, 2.05) is 19.0 Å². The maximum absolute atomic E-state index is 9.32. The van der Waals surface area contributed by atoms with E-state index in [4.69, 9.17) is 0 Å². The molecular formula is C11H13N3O. The highest BCUT2D eigenvalue weighted by molar-refractivity contribution is 5.75. The van der Waals surface area contributed by atoms with Gasteiger partial charge in [0.05, 0.1) is 22.9 Å². The highest BCUT2D eigenvalue weighted by Gasteiger charge is 2.01. The molecule has 0 saturated carbocycles. The predicted octanol–water partition coefficient (Wildman–Crippen LogP) is 1.40. The Morgan fingerprint density at radius 1 is 1.27 bits per heavy atom. The summed E-state index contributed by atoms with van der Waals surface area (Å²) >= 11 is 0. The highest BCUT2D eigenvalue weighted by Crippen LogP contribution is 2.16. The van der Waals surface area contributed by atoms with E-state index < -0.39 is 0 Å². The zero-order valence-corrected chi connectivity index (χ0v) is 8.81. The quantitative estimate of drug-likeness (QED) is 0.801. The van der Waals surface area contributed by atoms with Gasteiger partial charge in [-0.1, -0.05) is 0 Å². The number of aromatic hydroxyl groups is 1. The summed E-state index contributed by atoms with van der Waals surface area (Å²) in [6, 6.07) is 5.00. The van der Waals surface area contributed by atoms with Crippen LogP contribution in [-0.2, 0) is 6.54 Å². The van der Waals surface area contributed by atoms with E-state index in [1.54, 1.807) is 24.4 Å². The van der Waals surface area contributed by atoms with Crippen LogP contribution in [0.15, 0.2) is 24.4 Å². The topological polar surface area (TPSA) is 49.2 Å². The second-order valence-corrected chi connectivity index (χ2v) is 3.77. The molecular weight excluding hydrogens is 190 g/mol. The van der Waals surface area contributed by atoms with Crippen molar-refractivity contribution in [2.75, 3.05) is 14.1 Å². The Kier molecular flexibility index (Phi) is 2.51. The van der Waals surface area contributed by atoms with Crippen molar-refractivity contribution in [3.05, 3.63) is 30.1 Å². The standard InChI is InChI=1S/C11H13N3O/c1-14(2)7-8-6-12-10-4-3-9(15)5-11(10)13-8/h3-6,15H,7H2,1-2H3. The number of phenolic OH excluding ortho intramolecular Hbond substituents is 1. The molecule has 15 heavy (non-hydrogen) atoms. The van der Waals surface area contributed by atoms with E-state index in [9.17, 15) is 5.11 Å². The second-order valence-electron chi connectivity index (χ2n) is 3.77. The molecule has 1 aromatic carbocycles. The van der Waals surface area contributed by atoms with Gasteiger partial charge in [0.2, 0.25) is 0 Å². The van der Waals surface area contributed by atoms with Gasteiger partial charge in [0.25, 0.3) is 0 Å². The van der Waals surface area contributed by atoms with Crippen molar-refractivity contribution >= 4 is 11.0 Å². The minimum Gasteiger partial charge on any atom is -0.508 e. The molecule has 0 bridgehead atoms. The van der Waals surface area contributed by atoms with E-state index >= 15 is 0 Å². The Bertz CT molecular complexity index is 482. The van der Waals surface area contributed by atoms with Gasteiger partial charge in [-0.25, -0.2) is 4.98 Å². The fraction of sp³-hybridized carbons (Fsp3) is 0.273. The molecule has 0 aliphatic carbocycles. The first-order valence-electron chi connectivity index (χ1n) is 4.74. The van der Waals surface area contributed by atoms with Crippen molar-refractivity contribution in [1.82, 2.24) is 14.9 Å². The number of hydrogen-bond acceptors (Lipinski definition) is 4. The van der Waals surface area contributed by atoms with Crippen LogP contribution in [0, 0.1) is 0 Å². The van der Waals surface area contributed by atoms with Crippen LogP contribution in [0.25, 0.3) is 11.0 Å². The van der Waals surface area contributed by atoms with E-state index in [1.165, 1.54) is 0 Å². The molecule has 0 fully saturated rings. The molecule has 0 amide bonds. The average Bonchev–Trinajstić information content (AvgIpc) is 2.16. The first-order chi connectivity index (χ1) is 7.15. The van der Waals surface area contributed by atoms with Gasteiger partial charge < -0.3 is 10.0 Å². The third kappa shape index (κ3) is 2.22. The van der Waals surface area contributed by atoms with E-state index in [-0.39, 0.29) is 5.75 Å². The molecule has 0 spiro atoms. The Morgan fingerprint density at radius 3 is 2.80 bits per heavy atom. The molecule has 1 heterocycles. The van der Waals surface area contributed by atoms with Gasteiger partial charge in [-0.3, -0.25) is 4.98 Å². The van der Waals surface area contributed by atoms with Crippen LogP contribution in [0.1, 0.15) is 5.69 Å². The summed E-state index contributed by atoms with van der Waals surface area (Å²) in [7, 11) is 3.96. The third-order valence-corrected chi connectivity index (χ3v) is 2.05. The lowest BCUT2D eigenvalue weighted by molar-refractivity contribution is 0.397. The van der Waals surface area contributed by atoms with E-state index in [2.05, 4.69) is 9.97 Å². The van der Waals surface area contributed by atoms with Crippen LogP contribution in [0.3, 0.4) is 0 Å². The molecule has 0 aliphatic heterocycles. The minimum atomic E-state index is 0.221. The van der Waals surface area contributed by atoms with Crippen LogP contribution < -0.4 is 0 Å². The summed E-state index contributed by atoms with van der Waals surface area (Å²) in [5.74, 6) is 0.221. The summed E-state index contributed by atoms with van der Waals surface area (Å²) in [4.78, 5) is 10.7. The fourth-order valence-electron chi connectivity index (χ4n) is 1.44. The second kappa shape index (κ2) is 3.82. The van der Waals surface area contributed by atoms with Gasteiger partial charge in [0.1, 0.15) is 5.75 Å². The lowest BCUT2D eigenvalue weighted by atomic mass is 10.2. The Morgan fingerprint density at radius 2 is 2.07 bits per heavy atom. The molecule has 2 aromatic rings. The molecule has 0 aliphatic rings. The monoisotopic (exact) mass is 203 g/mol. The van der Waals surface area contributed by atoms with Crippen LogP contribution in [0.2, 0.25) is 0 Å². The summed E-state index contributed by atoms with van der Waals surface area (Å²) in [5.41, 5.74) is 2.43. The fourth-order valence-corrected chi connectivity index (χ4v) is 1.44. The van der Waals surface area contributed by atoms with E-state index in [0.29, 0.717) is 0 Å². The van der Waals surface area contributed by atoms with Crippen LogP contribution >= 0.6 is 0 Å². The van der Waals surface area contributed by atoms with Crippen LogP contribution in [0.5, 0.6) is 5.75 Å². The predicted molar refractivity (Wildman–Crippen MR) is 58.6 cm³/mol. The SMILES string of the molecule is CN(C)Cc1cnc2ccc(O)cc2n1. The van der Waals surface area contributed by atoms with Gasteiger partial charge in [0, 0.05) is 12.6 Å². The summed E-state index contributed by atoms with van der Waals surface area (Å²) < 4.78 is 0. The van der Waals surface area contributed by atoms with Gasteiger partial charge in [-0.2, -0.15) is 0 Å². The van der Waals surface area contributed by atoms with Crippen molar-refractivity contribution in [1.29, 1.82) is 0 Å². The van der Waals surface area contributed by atoms with Gasteiger partial charge >= 0.3 is 0 Å². The van der Waals surface area contributed by atoms with Gasteiger partial charge in [-0.05, 0) is 26.2 Å². The number of hydrogen-bond donors (Lipinski definition) is 1. The number of benzene rings is 1. The number of rotatable bonds is 2. The van der Waals surface area contributed by atoms with E-state index in [0.717, 1.165) is 23.3 Å². The first kappa shape index (κ1) is 9.86. The van der Waals surface area contributed by atoms with Crippen LogP contribution in [-0.4, -0.2) is 34.1 Å². The zero-order chi connectivity index (χ0) is 10.8.